The second-order valence-electron chi connectivity index (χ2n) is 8.99. The number of nitrogens with zero attached hydrogens (tertiary/aromatic N) is 1. The van der Waals surface area contributed by atoms with E-state index in [1.807, 2.05) is 26.4 Å². The molecular weight excluding hydrogens is 342 g/mol. The average molecular weight is 376 g/mol. The fourth-order valence-corrected chi connectivity index (χ4v) is 4.70. The highest BCUT2D eigenvalue weighted by atomic mass is 16.5. The fourth-order valence-electron chi connectivity index (χ4n) is 4.70. The second kappa shape index (κ2) is 8.10. The van der Waals surface area contributed by atoms with Crippen LogP contribution in [0.4, 0.5) is 0 Å². The molecule has 0 spiro atoms. The third-order valence-corrected chi connectivity index (χ3v) is 7.13. The van der Waals surface area contributed by atoms with Crippen molar-refractivity contribution in [1.82, 2.24) is 4.98 Å². The van der Waals surface area contributed by atoms with Gasteiger partial charge in [-0.25, -0.2) is 0 Å². The molecule has 1 aliphatic carbocycles. The van der Waals surface area contributed by atoms with E-state index in [2.05, 4.69) is 68.8 Å². The molecule has 2 aromatic rings. The number of aromatic nitrogens is 1. The van der Waals surface area contributed by atoms with Crippen LogP contribution in [0.3, 0.4) is 0 Å². The lowest BCUT2D eigenvalue weighted by molar-refractivity contribution is 0.00533. The maximum Gasteiger partial charge on any atom is 0.0571 e. The molecule has 1 fully saturated rings. The lowest BCUT2D eigenvalue weighted by Crippen LogP contribution is -2.43. The van der Waals surface area contributed by atoms with Gasteiger partial charge in [-0.05, 0) is 73.1 Å². The first-order valence-electron chi connectivity index (χ1n) is 10.3. The fraction of sp³-hybridized carbons (Fsp3) is 0.500. The normalized spacial score (nSPS) is 22.4. The van der Waals surface area contributed by atoms with Gasteiger partial charge in [-0.1, -0.05) is 44.9 Å². The summed E-state index contributed by atoms with van der Waals surface area (Å²) in [5.41, 5.74) is 6.46. The number of methoxy groups -OCH3 is 1. The van der Waals surface area contributed by atoms with E-state index in [0.717, 1.165) is 24.0 Å². The molecule has 0 saturated heterocycles. The Balaban J connectivity index is 1.99. The summed E-state index contributed by atoms with van der Waals surface area (Å²) in [5.74, 6) is 6.08. The Labute approximate surface area is 170 Å². The lowest BCUT2D eigenvalue weighted by atomic mass is 9.56. The van der Waals surface area contributed by atoms with Gasteiger partial charge >= 0.3 is 0 Å². The van der Waals surface area contributed by atoms with Gasteiger partial charge in [0.25, 0.3) is 0 Å². The second-order valence-corrected chi connectivity index (χ2v) is 8.99. The van der Waals surface area contributed by atoms with Crippen LogP contribution in [-0.2, 0) is 10.2 Å². The van der Waals surface area contributed by atoms with Crippen molar-refractivity contribution in [1.29, 1.82) is 0 Å². The maximum atomic E-state index is 5.62. The smallest absolute Gasteiger partial charge is 0.0571 e. The van der Waals surface area contributed by atoms with Crippen LogP contribution in [0.15, 0.2) is 36.7 Å². The molecule has 1 aromatic heterocycles. The summed E-state index contributed by atoms with van der Waals surface area (Å²) < 4.78 is 5.62. The minimum absolute atomic E-state index is 0.0834. The van der Waals surface area contributed by atoms with E-state index in [1.54, 1.807) is 0 Å². The quantitative estimate of drug-likeness (QED) is 0.585. The monoisotopic (exact) mass is 375 g/mol. The third kappa shape index (κ3) is 3.87. The molecule has 0 atom stereocenters. The molecule has 1 heterocycles. The molecular formula is C26H33NO. The molecule has 0 aliphatic heterocycles. The zero-order valence-electron chi connectivity index (χ0n) is 18.2. The molecule has 1 saturated carbocycles. The largest absolute Gasteiger partial charge is 0.381 e. The molecule has 0 bridgehead atoms. The third-order valence-electron chi connectivity index (χ3n) is 7.13. The zero-order chi connectivity index (χ0) is 20.4. The highest BCUT2D eigenvalue weighted by molar-refractivity contribution is 5.66. The minimum Gasteiger partial charge on any atom is -0.381 e. The van der Waals surface area contributed by atoms with Crippen LogP contribution >= 0.6 is 0 Å². The van der Waals surface area contributed by atoms with Crippen molar-refractivity contribution in [2.75, 3.05) is 7.11 Å². The number of ether oxygens (including phenoxy) is 1. The molecule has 1 aliphatic rings. The van der Waals surface area contributed by atoms with Crippen molar-refractivity contribution in [3.05, 3.63) is 53.3 Å². The van der Waals surface area contributed by atoms with Crippen LogP contribution in [-0.4, -0.2) is 18.2 Å². The van der Waals surface area contributed by atoms with E-state index in [4.69, 9.17) is 4.74 Å². The number of pyridine rings is 1. The van der Waals surface area contributed by atoms with Crippen molar-refractivity contribution in [3.63, 3.8) is 0 Å². The van der Waals surface area contributed by atoms with E-state index in [-0.39, 0.29) is 10.8 Å². The van der Waals surface area contributed by atoms with Crippen LogP contribution in [0, 0.1) is 24.2 Å². The summed E-state index contributed by atoms with van der Waals surface area (Å²) >= 11 is 0. The Morgan fingerprint density at radius 3 is 2.46 bits per heavy atom. The molecule has 0 radical (unpaired) electrons. The number of aryl methyl sites for hydroxylation is 1. The number of hydrogen-bond acceptors (Lipinski definition) is 2. The first-order chi connectivity index (χ1) is 13.3. The van der Waals surface area contributed by atoms with Gasteiger partial charge < -0.3 is 4.74 Å². The Morgan fingerprint density at radius 1 is 1.11 bits per heavy atom. The summed E-state index contributed by atoms with van der Waals surface area (Å²) in [7, 11) is 1.84. The van der Waals surface area contributed by atoms with Crippen molar-refractivity contribution in [3.8, 4) is 23.0 Å². The van der Waals surface area contributed by atoms with Gasteiger partial charge in [0.15, 0.2) is 0 Å². The van der Waals surface area contributed by atoms with Crippen LogP contribution in [0.5, 0.6) is 0 Å². The Kier molecular flexibility index (Phi) is 5.96. The molecule has 0 amide bonds. The van der Waals surface area contributed by atoms with Gasteiger partial charge in [-0.2, -0.15) is 0 Å². The first kappa shape index (κ1) is 20.6. The molecule has 3 rings (SSSR count). The zero-order valence-corrected chi connectivity index (χ0v) is 18.2. The van der Waals surface area contributed by atoms with Crippen molar-refractivity contribution >= 4 is 0 Å². The van der Waals surface area contributed by atoms with Crippen molar-refractivity contribution < 1.29 is 4.74 Å². The summed E-state index contributed by atoms with van der Waals surface area (Å²) in [4.78, 5) is 4.40. The van der Waals surface area contributed by atoms with Crippen LogP contribution in [0.25, 0.3) is 11.1 Å². The molecule has 28 heavy (non-hydrogen) atoms. The van der Waals surface area contributed by atoms with Crippen LogP contribution in [0.1, 0.15) is 70.1 Å². The predicted octanol–water partition coefficient (Wildman–Crippen LogP) is 6.30. The molecule has 148 valence electrons. The van der Waals surface area contributed by atoms with E-state index >= 15 is 0 Å². The van der Waals surface area contributed by atoms with Gasteiger partial charge in [-0.3, -0.25) is 4.98 Å². The SMILES string of the molecule is CC#Cc1cncc(-c2ccc(C)c(C(C)(C)[C@]3(C)CC[C@@H](OC)CC3)c2)c1. The highest BCUT2D eigenvalue weighted by Gasteiger charge is 2.45. The molecule has 0 N–H and O–H groups in total. The molecule has 1 aromatic carbocycles. The van der Waals surface area contributed by atoms with Crippen molar-refractivity contribution in [2.45, 2.75) is 71.8 Å². The van der Waals surface area contributed by atoms with Gasteiger partial charge in [0.1, 0.15) is 0 Å². The molecule has 0 unspecified atom stereocenters. The standard InChI is InChI=1S/C26H33NO/c1-7-8-20-15-22(18-27-17-20)21-10-9-19(2)24(16-21)25(3,4)26(5)13-11-23(28-6)12-14-26/h9-10,15-18,23H,11-14H2,1-6H3/t23-,26-. The predicted molar refractivity (Wildman–Crippen MR) is 117 cm³/mol. The number of rotatable bonds is 4. The summed E-state index contributed by atoms with van der Waals surface area (Å²) in [6.07, 6.45) is 8.89. The Morgan fingerprint density at radius 2 is 1.82 bits per heavy atom. The van der Waals surface area contributed by atoms with Crippen LogP contribution < -0.4 is 0 Å². The number of hydrogen-bond donors (Lipinski definition) is 0. The summed E-state index contributed by atoms with van der Waals surface area (Å²) in [5, 5.41) is 0. The number of benzene rings is 1. The Hall–Kier alpha value is -2.11. The first-order valence-corrected chi connectivity index (χ1v) is 10.3. The topological polar surface area (TPSA) is 22.1 Å². The van der Waals surface area contributed by atoms with Gasteiger partial charge in [0, 0.05) is 30.6 Å². The summed E-state index contributed by atoms with van der Waals surface area (Å²) in [6, 6.07) is 8.98. The van der Waals surface area contributed by atoms with Gasteiger partial charge in [0.2, 0.25) is 0 Å². The minimum atomic E-state index is 0.0834. The van der Waals surface area contributed by atoms with Crippen LogP contribution in [0.2, 0.25) is 0 Å². The van der Waals surface area contributed by atoms with E-state index in [1.165, 1.54) is 29.5 Å². The molecule has 2 nitrogen and oxygen atoms in total. The molecule has 2 heteroatoms. The van der Waals surface area contributed by atoms with Gasteiger partial charge in [0.05, 0.1) is 6.10 Å². The van der Waals surface area contributed by atoms with Gasteiger partial charge in [-0.15, -0.1) is 5.92 Å². The summed E-state index contributed by atoms with van der Waals surface area (Å²) in [6.45, 7) is 11.4. The van der Waals surface area contributed by atoms with Crippen molar-refractivity contribution in [2.24, 2.45) is 5.41 Å². The maximum absolute atomic E-state index is 5.62. The van der Waals surface area contributed by atoms with E-state index < -0.39 is 0 Å². The lowest BCUT2D eigenvalue weighted by Gasteiger charge is -2.49. The van der Waals surface area contributed by atoms with E-state index in [9.17, 15) is 0 Å². The Bertz CT molecular complexity index is 892. The highest BCUT2D eigenvalue weighted by Crippen LogP contribution is 2.52. The average Bonchev–Trinajstić information content (AvgIpc) is 2.69. The van der Waals surface area contributed by atoms with E-state index in [0.29, 0.717) is 6.10 Å².